The number of aryl methyl sites for hydroxylation is 1. The summed E-state index contributed by atoms with van der Waals surface area (Å²) in [5.41, 5.74) is -0.475. The molecule has 3 heterocycles. The highest BCUT2D eigenvalue weighted by Gasteiger charge is 2.27. The summed E-state index contributed by atoms with van der Waals surface area (Å²) >= 11 is 1.14. The number of amides is 1. The van der Waals surface area contributed by atoms with E-state index in [2.05, 4.69) is 15.5 Å². The van der Waals surface area contributed by atoms with Gasteiger partial charge in [0.1, 0.15) is 34.0 Å². The van der Waals surface area contributed by atoms with Crippen molar-refractivity contribution in [2.75, 3.05) is 20.3 Å². The molecule has 1 aliphatic rings. The largest absolute Gasteiger partial charge is 0.496 e. The maximum atomic E-state index is 14.3. The molecule has 1 atom stereocenters. The van der Waals surface area contributed by atoms with E-state index in [1.54, 1.807) is 6.92 Å². The molecule has 40 heavy (non-hydrogen) atoms. The molecule has 4 aromatic rings. The number of thiophene rings is 1. The third kappa shape index (κ3) is 5.29. The number of hydrogen-bond acceptors (Lipinski definition) is 9. The van der Waals surface area contributed by atoms with Gasteiger partial charge in [-0.2, -0.15) is 10.2 Å². The van der Waals surface area contributed by atoms with Crippen LogP contribution >= 0.6 is 11.3 Å². The lowest BCUT2D eigenvalue weighted by Crippen LogP contribution is -2.47. The number of halogens is 1. The second kappa shape index (κ2) is 11.7. The van der Waals surface area contributed by atoms with Gasteiger partial charge in [-0.3, -0.25) is 18.7 Å². The smallest absolute Gasteiger partial charge is 0.332 e. The van der Waals surface area contributed by atoms with Crippen molar-refractivity contribution in [1.82, 2.24) is 29.4 Å². The van der Waals surface area contributed by atoms with E-state index in [-0.39, 0.29) is 31.2 Å². The maximum absolute atomic E-state index is 14.3. The summed E-state index contributed by atoms with van der Waals surface area (Å²) in [6.07, 6.45) is 4.77. The summed E-state index contributed by atoms with van der Waals surface area (Å²) in [7, 11) is 1.43. The Kier molecular flexibility index (Phi) is 8.09. The lowest BCUT2D eigenvalue weighted by molar-refractivity contribution is -0.123. The highest BCUT2D eigenvalue weighted by Crippen LogP contribution is 2.33. The third-order valence-electron chi connectivity index (χ3n) is 6.94. The second-order valence-corrected chi connectivity index (χ2v) is 10.5. The Balaban J connectivity index is 1.67. The Morgan fingerprint density at radius 1 is 1.25 bits per heavy atom. The van der Waals surface area contributed by atoms with Crippen LogP contribution in [0.1, 0.15) is 36.5 Å². The average molecular weight is 573 g/mol. The zero-order valence-electron chi connectivity index (χ0n) is 22.0. The predicted molar refractivity (Wildman–Crippen MR) is 145 cm³/mol. The van der Waals surface area contributed by atoms with Crippen LogP contribution in [0.25, 0.3) is 15.2 Å². The molecular weight excluding hydrogens is 543 g/mol. The van der Waals surface area contributed by atoms with Crippen molar-refractivity contribution in [3.63, 3.8) is 0 Å². The standard InChI is InChI=1S/C26H29FN6O6S/c1-15-22-23(36)31(14-21(35)30-17-4-3-5-17)26(37)32(25(22)40-24(15)33-28-8-9-29-33)13-20(39-11-10-34)18-12-16(27)6-7-19(18)38-2/h6-9,12,17,20,34H,3-5,10-11,13-14H2,1-2H3,(H,30,35)/t20-/m0/s1. The first-order valence-electron chi connectivity index (χ1n) is 12.8. The maximum Gasteiger partial charge on any atom is 0.332 e. The number of hydrogen-bond donors (Lipinski definition) is 2. The number of carbonyl (C=O) groups excluding carboxylic acids is 1. The molecule has 1 fully saturated rings. The number of ether oxygens (including phenoxy) is 2. The van der Waals surface area contributed by atoms with Crippen LogP contribution in [0, 0.1) is 12.7 Å². The van der Waals surface area contributed by atoms with Crippen LogP contribution in [0.3, 0.4) is 0 Å². The van der Waals surface area contributed by atoms with Crippen molar-refractivity contribution in [1.29, 1.82) is 0 Å². The zero-order valence-corrected chi connectivity index (χ0v) is 22.8. The number of fused-ring (bicyclic) bond motifs is 1. The highest BCUT2D eigenvalue weighted by atomic mass is 32.1. The van der Waals surface area contributed by atoms with E-state index in [1.165, 1.54) is 47.1 Å². The first-order chi connectivity index (χ1) is 19.3. The normalized spacial score (nSPS) is 14.3. The van der Waals surface area contributed by atoms with Gasteiger partial charge in [-0.05, 0) is 44.4 Å². The number of benzene rings is 1. The fraction of sp³-hybridized carbons (Fsp3) is 0.423. The van der Waals surface area contributed by atoms with E-state index < -0.39 is 35.6 Å². The summed E-state index contributed by atoms with van der Waals surface area (Å²) in [6.45, 7) is 0.692. The Labute approximate surface area is 231 Å². The quantitative estimate of drug-likeness (QED) is 0.277. The Morgan fingerprint density at radius 3 is 2.65 bits per heavy atom. The molecule has 14 heteroatoms. The molecule has 0 unspecified atom stereocenters. The van der Waals surface area contributed by atoms with Crippen molar-refractivity contribution in [2.45, 2.75) is 51.4 Å². The van der Waals surface area contributed by atoms with E-state index >= 15 is 0 Å². The predicted octanol–water partition coefficient (Wildman–Crippen LogP) is 1.68. The third-order valence-corrected chi connectivity index (χ3v) is 8.22. The number of aromatic nitrogens is 5. The van der Waals surface area contributed by atoms with Crippen molar-refractivity contribution in [3.8, 4) is 10.8 Å². The number of nitrogens with one attached hydrogen (secondary N) is 1. The second-order valence-electron chi connectivity index (χ2n) is 9.48. The van der Waals surface area contributed by atoms with Gasteiger partial charge < -0.3 is 19.9 Å². The van der Waals surface area contributed by atoms with Crippen LogP contribution in [0.15, 0.2) is 40.2 Å². The van der Waals surface area contributed by atoms with Gasteiger partial charge in [-0.15, -0.1) is 4.80 Å². The minimum atomic E-state index is -0.942. The van der Waals surface area contributed by atoms with E-state index in [9.17, 15) is 23.9 Å². The number of carbonyl (C=O) groups is 1. The summed E-state index contributed by atoms with van der Waals surface area (Å²) in [6, 6.07) is 3.96. The first-order valence-corrected chi connectivity index (χ1v) is 13.6. The van der Waals surface area contributed by atoms with Gasteiger partial charge in [0.15, 0.2) is 0 Å². The Bertz CT molecular complexity index is 1640. The van der Waals surface area contributed by atoms with Crippen LogP contribution in [-0.4, -0.2) is 61.5 Å². The molecular formula is C26H29FN6O6S. The lowest BCUT2D eigenvalue weighted by atomic mass is 9.93. The monoisotopic (exact) mass is 572 g/mol. The van der Waals surface area contributed by atoms with Gasteiger partial charge in [-0.1, -0.05) is 11.3 Å². The van der Waals surface area contributed by atoms with Gasteiger partial charge in [0.25, 0.3) is 5.56 Å². The molecule has 0 saturated heterocycles. The van der Waals surface area contributed by atoms with E-state index in [0.717, 1.165) is 35.2 Å². The molecule has 2 N–H and O–H groups in total. The SMILES string of the molecule is COc1ccc(F)cc1[C@H](Cn1c(=O)n(CC(=O)NC2CCC2)c(=O)c2c(C)c(-n3nccn3)sc21)OCCO. The molecule has 1 aliphatic carbocycles. The Morgan fingerprint density at radius 2 is 2.00 bits per heavy atom. The van der Waals surface area contributed by atoms with Gasteiger partial charge in [0, 0.05) is 17.2 Å². The molecule has 1 amide bonds. The van der Waals surface area contributed by atoms with Gasteiger partial charge >= 0.3 is 5.69 Å². The number of methoxy groups -OCH3 is 1. The van der Waals surface area contributed by atoms with Crippen LogP contribution in [0.5, 0.6) is 5.75 Å². The van der Waals surface area contributed by atoms with Gasteiger partial charge in [0.2, 0.25) is 5.91 Å². The van der Waals surface area contributed by atoms with Crippen LogP contribution < -0.4 is 21.3 Å². The average Bonchev–Trinajstić information content (AvgIpc) is 3.56. The van der Waals surface area contributed by atoms with Gasteiger partial charge in [-0.25, -0.2) is 9.18 Å². The molecule has 1 aromatic carbocycles. The topological polar surface area (TPSA) is 142 Å². The molecule has 1 saturated carbocycles. The molecule has 0 radical (unpaired) electrons. The van der Waals surface area contributed by atoms with Crippen LogP contribution in [-0.2, 0) is 22.6 Å². The Hall–Kier alpha value is -3.88. The fourth-order valence-electron chi connectivity index (χ4n) is 4.72. The molecule has 0 spiro atoms. The minimum absolute atomic E-state index is 0.0336. The van der Waals surface area contributed by atoms with Crippen LogP contribution in [0.4, 0.5) is 4.39 Å². The summed E-state index contributed by atoms with van der Waals surface area (Å²) < 4.78 is 27.8. The molecule has 12 nitrogen and oxygen atoms in total. The first kappa shape index (κ1) is 27.7. The fourth-order valence-corrected chi connectivity index (χ4v) is 5.94. The van der Waals surface area contributed by atoms with E-state index in [0.29, 0.717) is 26.7 Å². The van der Waals surface area contributed by atoms with Crippen LogP contribution in [0.2, 0.25) is 0 Å². The van der Waals surface area contributed by atoms with E-state index in [1.807, 2.05) is 0 Å². The molecule has 0 aliphatic heterocycles. The summed E-state index contributed by atoms with van der Waals surface area (Å²) in [5.74, 6) is -0.648. The highest BCUT2D eigenvalue weighted by molar-refractivity contribution is 7.21. The summed E-state index contributed by atoms with van der Waals surface area (Å²) in [5, 5.41) is 21.4. The molecule has 0 bridgehead atoms. The number of aliphatic hydroxyl groups is 1. The molecule has 212 valence electrons. The van der Waals surface area contributed by atoms with Crippen molar-refractivity contribution in [3.05, 3.63) is 68.4 Å². The lowest BCUT2D eigenvalue weighted by Gasteiger charge is -2.26. The van der Waals surface area contributed by atoms with E-state index in [4.69, 9.17) is 9.47 Å². The van der Waals surface area contributed by atoms with Crippen molar-refractivity contribution < 1.29 is 23.8 Å². The minimum Gasteiger partial charge on any atom is -0.496 e. The van der Waals surface area contributed by atoms with Crippen molar-refractivity contribution >= 4 is 27.5 Å². The molecule has 3 aromatic heterocycles. The number of nitrogens with zero attached hydrogens (tertiary/aromatic N) is 5. The molecule has 5 rings (SSSR count). The number of aliphatic hydroxyl groups excluding tert-OH is 1. The number of rotatable bonds is 11. The van der Waals surface area contributed by atoms with Gasteiger partial charge in [0.05, 0.1) is 44.6 Å². The zero-order chi connectivity index (χ0) is 28.4. The van der Waals surface area contributed by atoms with Crippen molar-refractivity contribution in [2.24, 2.45) is 0 Å². The summed E-state index contributed by atoms with van der Waals surface area (Å²) in [4.78, 5) is 42.0.